The molecular formula is C27H50O7. The monoisotopic (exact) mass is 486 g/mol. The van der Waals surface area contributed by atoms with Crippen molar-refractivity contribution in [2.45, 2.75) is 136 Å². The fraction of sp³-hybridized carbons (Fsp3) is 0.889. The number of rotatable bonds is 23. The zero-order valence-electron chi connectivity index (χ0n) is 22.0. The molecule has 0 saturated carbocycles. The van der Waals surface area contributed by atoms with Crippen LogP contribution < -0.4 is 0 Å². The van der Waals surface area contributed by atoms with E-state index in [9.17, 15) is 19.5 Å². The summed E-state index contributed by atoms with van der Waals surface area (Å²) >= 11 is 0. The Morgan fingerprint density at radius 3 is 1.21 bits per heavy atom. The Hall–Kier alpha value is -1.63. The Balaban J connectivity index is 4.68. The smallest absolute Gasteiger partial charge is 0.339 e. The third-order valence-electron chi connectivity index (χ3n) is 5.76. The summed E-state index contributed by atoms with van der Waals surface area (Å²) in [5, 5.41) is 10.9. The summed E-state index contributed by atoms with van der Waals surface area (Å²) in [6, 6.07) is 0. The number of hydrogen-bond acceptors (Lipinski definition) is 7. The van der Waals surface area contributed by atoms with Gasteiger partial charge in [-0.1, -0.05) is 97.8 Å². The molecule has 0 spiro atoms. The van der Waals surface area contributed by atoms with Crippen LogP contribution in [0.2, 0.25) is 0 Å². The van der Waals surface area contributed by atoms with Crippen LogP contribution in [0.25, 0.3) is 0 Å². The molecule has 0 unspecified atom stereocenters. The number of hydrogen-bond donors (Lipinski definition) is 1. The third kappa shape index (κ3) is 17.8. The molecule has 0 atom stereocenters. The molecule has 0 aromatic rings. The highest BCUT2D eigenvalue weighted by Crippen LogP contribution is 2.21. The lowest BCUT2D eigenvalue weighted by molar-refractivity contribution is -0.178. The van der Waals surface area contributed by atoms with Crippen LogP contribution in [0, 0.1) is 0 Å². The highest BCUT2D eigenvalue weighted by Gasteiger charge is 2.43. The van der Waals surface area contributed by atoms with Gasteiger partial charge in [-0.05, 0) is 19.3 Å². The van der Waals surface area contributed by atoms with E-state index < -0.39 is 36.4 Å². The van der Waals surface area contributed by atoms with Crippen molar-refractivity contribution >= 4 is 17.9 Å². The predicted molar refractivity (Wildman–Crippen MR) is 133 cm³/mol. The number of carbonyl (C=O) groups is 3. The van der Waals surface area contributed by atoms with E-state index in [1.54, 1.807) is 0 Å². The number of unbranched alkanes of at least 4 members (excludes halogenated alkanes) is 12. The van der Waals surface area contributed by atoms with Gasteiger partial charge in [-0.25, -0.2) is 4.79 Å². The highest BCUT2D eigenvalue weighted by molar-refractivity contribution is 5.90. The minimum atomic E-state index is -2.28. The molecule has 200 valence electrons. The first kappa shape index (κ1) is 32.4. The van der Waals surface area contributed by atoms with Crippen LogP contribution in [-0.2, 0) is 28.6 Å². The van der Waals surface area contributed by atoms with E-state index in [0.29, 0.717) is 6.42 Å². The molecule has 0 aliphatic rings. The highest BCUT2D eigenvalue weighted by atomic mass is 16.6. The van der Waals surface area contributed by atoms with Gasteiger partial charge in [0.05, 0.1) is 32.7 Å². The molecule has 0 radical (unpaired) electrons. The number of esters is 3. The normalized spacial score (nSPS) is 11.3. The SMILES string of the molecule is CCCCCCCOC(=O)CC(O)(CC(=O)OCCCCCCC)C(=O)OCCCCCCC. The van der Waals surface area contributed by atoms with Crippen LogP contribution in [0.4, 0.5) is 0 Å². The van der Waals surface area contributed by atoms with Crippen LogP contribution in [0.1, 0.15) is 130 Å². The first-order valence-corrected chi connectivity index (χ1v) is 13.6. The molecular weight excluding hydrogens is 436 g/mol. The van der Waals surface area contributed by atoms with Crippen LogP contribution >= 0.6 is 0 Å². The number of ether oxygens (including phenoxy) is 3. The van der Waals surface area contributed by atoms with Crippen LogP contribution in [0.15, 0.2) is 0 Å². The van der Waals surface area contributed by atoms with E-state index in [1.165, 1.54) is 0 Å². The molecule has 0 aromatic heterocycles. The van der Waals surface area contributed by atoms with Crippen molar-refractivity contribution < 1.29 is 33.7 Å². The summed E-state index contributed by atoms with van der Waals surface area (Å²) < 4.78 is 15.6. The first-order valence-electron chi connectivity index (χ1n) is 13.6. The largest absolute Gasteiger partial charge is 0.466 e. The van der Waals surface area contributed by atoms with Crippen LogP contribution in [0.5, 0.6) is 0 Å². The molecule has 0 bridgehead atoms. The van der Waals surface area contributed by atoms with Crippen molar-refractivity contribution in [2.24, 2.45) is 0 Å². The Kier molecular flexibility index (Phi) is 20.8. The Morgan fingerprint density at radius 1 is 0.529 bits per heavy atom. The summed E-state index contributed by atoms with van der Waals surface area (Å²) in [7, 11) is 0. The molecule has 0 aromatic carbocycles. The standard InChI is InChI=1S/C27H50O7/c1-4-7-10-13-16-19-32-24(28)22-27(31,26(30)34-21-18-15-12-9-6-3)23-25(29)33-20-17-14-11-8-5-2/h31H,4-23H2,1-3H3. The summed E-state index contributed by atoms with van der Waals surface area (Å²) in [4.78, 5) is 37.2. The molecule has 0 heterocycles. The van der Waals surface area contributed by atoms with Gasteiger partial charge < -0.3 is 19.3 Å². The maximum atomic E-state index is 12.6. The van der Waals surface area contributed by atoms with Crippen molar-refractivity contribution in [2.75, 3.05) is 19.8 Å². The van der Waals surface area contributed by atoms with Gasteiger partial charge in [0.25, 0.3) is 0 Å². The molecule has 0 fully saturated rings. The second-order valence-corrected chi connectivity index (χ2v) is 9.20. The van der Waals surface area contributed by atoms with Crippen molar-refractivity contribution in [3.63, 3.8) is 0 Å². The zero-order valence-corrected chi connectivity index (χ0v) is 22.0. The zero-order chi connectivity index (χ0) is 25.5. The minimum absolute atomic E-state index is 0.143. The van der Waals surface area contributed by atoms with Gasteiger partial charge in [-0.2, -0.15) is 0 Å². The van der Waals surface area contributed by atoms with Gasteiger partial charge in [0.1, 0.15) is 0 Å². The molecule has 34 heavy (non-hydrogen) atoms. The average molecular weight is 487 g/mol. The summed E-state index contributed by atoms with van der Waals surface area (Å²) in [6.45, 7) is 6.98. The molecule has 0 aliphatic carbocycles. The van der Waals surface area contributed by atoms with Crippen molar-refractivity contribution in [1.29, 1.82) is 0 Å². The number of aliphatic hydroxyl groups is 1. The second kappa shape index (κ2) is 21.9. The van der Waals surface area contributed by atoms with Crippen LogP contribution in [-0.4, -0.2) is 48.4 Å². The summed E-state index contributed by atoms with van der Waals surface area (Å²) in [6.07, 6.45) is 13.7. The van der Waals surface area contributed by atoms with Gasteiger partial charge in [0.15, 0.2) is 5.60 Å². The van der Waals surface area contributed by atoms with Crippen molar-refractivity contribution in [1.82, 2.24) is 0 Å². The van der Waals surface area contributed by atoms with Gasteiger partial charge >= 0.3 is 17.9 Å². The molecule has 7 nitrogen and oxygen atoms in total. The Labute approximate surface area is 207 Å². The van der Waals surface area contributed by atoms with Gasteiger partial charge in [0, 0.05) is 0 Å². The van der Waals surface area contributed by atoms with E-state index in [2.05, 4.69) is 20.8 Å². The summed E-state index contributed by atoms with van der Waals surface area (Å²) in [5.41, 5.74) is -2.28. The molecule has 0 aliphatic heterocycles. The average Bonchev–Trinajstić information content (AvgIpc) is 2.80. The predicted octanol–water partition coefficient (Wildman–Crippen LogP) is 6.04. The fourth-order valence-electron chi connectivity index (χ4n) is 3.57. The van der Waals surface area contributed by atoms with E-state index in [0.717, 1.165) is 89.9 Å². The molecule has 0 rings (SSSR count). The Morgan fingerprint density at radius 2 is 0.853 bits per heavy atom. The lowest BCUT2D eigenvalue weighted by Crippen LogP contribution is -2.45. The fourth-order valence-corrected chi connectivity index (χ4v) is 3.57. The lowest BCUT2D eigenvalue weighted by atomic mass is 9.95. The van der Waals surface area contributed by atoms with Gasteiger partial charge in [-0.3, -0.25) is 9.59 Å². The number of carbonyl (C=O) groups excluding carboxylic acids is 3. The maximum absolute atomic E-state index is 12.6. The quantitative estimate of drug-likeness (QED) is 0.107. The van der Waals surface area contributed by atoms with E-state index >= 15 is 0 Å². The van der Waals surface area contributed by atoms with Gasteiger partial charge in [0.2, 0.25) is 0 Å². The molecule has 1 N–H and O–H groups in total. The van der Waals surface area contributed by atoms with Crippen molar-refractivity contribution in [3.8, 4) is 0 Å². The maximum Gasteiger partial charge on any atom is 0.339 e. The molecule has 0 amide bonds. The first-order chi connectivity index (χ1) is 16.4. The van der Waals surface area contributed by atoms with E-state index in [-0.39, 0.29) is 19.8 Å². The molecule has 0 saturated heterocycles. The topological polar surface area (TPSA) is 99.1 Å². The van der Waals surface area contributed by atoms with Crippen molar-refractivity contribution in [3.05, 3.63) is 0 Å². The molecule has 7 heteroatoms. The van der Waals surface area contributed by atoms with E-state index in [1.807, 2.05) is 0 Å². The second-order valence-electron chi connectivity index (χ2n) is 9.20. The lowest BCUT2D eigenvalue weighted by Gasteiger charge is -2.24. The third-order valence-corrected chi connectivity index (χ3v) is 5.76. The van der Waals surface area contributed by atoms with Crippen LogP contribution in [0.3, 0.4) is 0 Å². The van der Waals surface area contributed by atoms with Gasteiger partial charge in [-0.15, -0.1) is 0 Å². The summed E-state index contributed by atoms with van der Waals surface area (Å²) in [5.74, 6) is -2.40. The Bertz CT molecular complexity index is 503. The minimum Gasteiger partial charge on any atom is -0.466 e. The van der Waals surface area contributed by atoms with E-state index in [4.69, 9.17) is 14.2 Å².